The molecule has 1 aromatic rings. The van der Waals surface area contributed by atoms with Gasteiger partial charge in [-0.2, -0.15) is 0 Å². The molecule has 17 heavy (non-hydrogen) atoms. The highest BCUT2D eigenvalue weighted by atomic mass is 16.7. The predicted octanol–water partition coefficient (Wildman–Crippen LogP) is 3.20. The van der Waals surface area contributed by atoms with Gasteiger partial charge in [-0.25, -0.2) is 0 Å². The van der Waals surface area contributed by atoms with Gasteiger partial charge in [-0.3, -0.25) is 0 Å². The molecule has 3 unspecified atom stereocenters. The van der Waals surface area contributed by atoms with E-state index in [-0.39, 0.29) is 25.1 Å². The van der Waals surface area contributed by atoms with E-state index in [1.54, 1.807) is 0 Å². The largest absolute Gasteiger partial charge is 0.465 e. The van der Waals surface area contributed by atoms with Gasteiger partial charge in [0.05, 0.1) is 12.2 Å². The number of rotatable bonds is 4. The standard InChI is InChI=1S/C14H19BO2/c1-4-8-14(13-9-6-5-7-10-13)15-16-11(2)12(3)17-15/h4-7,9-12,14H,1,8H2,2-3H3. The lowest BCUT2D eigenvalue weighted by Gasteiger charge is -2.17. The van der Waals surface area contributed by atoms with Crippen LogP contribution in [0.1, 0.15) is 31.6 Å². The average Bonchev–Trinajstić information content (AvgIpc) is 2.67. The van der Waals surface area contributed by atoms with Crippen LogP contribution < -0.4 is 0 Å². The van der Waals surface area contributed by atoms with E-state index in [1.807, 2.05) is 24.3 Å². The third-order valence-electron chi connectivity index (χ3n) is 3.34. The van der Waals surface area contributed by atoms with Crippen LogP contribution in [0.3, 0.4) is 0 Å². The van der Waals surface area contributed by atoms with Gasteiger partial charge in [-0.15, -0.1) is 6.58 Å². The van der Waals surface area contributed by atoms with E-state index in [9.17, 15) is 0 Å². The molecule has 0 saturated carbocycles. The molecule has 0 amide bonds. The first-order chi connectivity index (χ1) is 8.22. The summed E-state index contributed by atoms with van der Waals surface area (Å²) in [6.07, 6.45) is 3.12. The van der Waals surface area contributed by atoms with Crippen LogP contribution in [-0.4, -0.2) is 19.3 Å². The molecule has 1 aliphatic heterocycles. The smallest absolute Gasteiger partial charge is 0.406 e. The molecule has 0 aromatic heterocycles. The summed E-state index contributed by atoms with van der Waals surface area (Å²) in [5.74, 6) is 0.237. The van der Waals surface area contributed by atoms with E-state index < -0.39 is 0 Å². The van der Waals surface area contributed by atoms with Crippen LogP contribution in [0, 0.1) is 0 Å². The van der Waals surface area contributed by atoms with E-state index in [0.717, 1.165) is 6.42 Å². The van der Waals surface area contributed by atoms with Crippen molar-refractivity contribution < 1.29 is 9.31 Å². The number of benzene rings is 1. The Morgan fingerprint density at radius 1 is 1.24 bits per heavy atom. The van der Waals surface area contributed by atoms with Crippen LogP contribution in [0.5, 0.6) is 0 Å². The first-order valence-electron chi connectivity index (χ1n) is 6.19. The normalized spacial score (nSPS) is 25.9. The minimum absolute atomic E-state index is 0.152. The molecule has 0 radical (unpaired) electrons. The number of hydrogen-bond acceptors (Lipinski definition) is 2. The lowest BCUT2D eigenvalue weighted by molar-refractivity contribution is 0.187. The van der Waals surface area contributed by atoms with Gasteiger partial charge < -0.3 is 9.31 Å². The zero-order valence-electron chi connectivity index (χ0n) is 10.5. The zero-order chi connectivity index (χ0) is 12.3. The van der Waals surface area contributed by atoms with Crippen LogP contribution >= 0.6 is 0 Å². The van der Waals surface area contributed by atoms with Gasteiger partial charge in [0, 0.05) is 5.82 Å². The van der Waals surface area contributed by atoms with Crippen molar-refractivity contribution in [1.82, 2.24) is 0 Å². The molecule has 3 atom stereocenters. The molecule has 1 fully saturated rings. The second kappa shape index (κ2) is 5.52. The van der Waals surface area contributed by atoms with Gasteiger partial charge in [-0.05, 0) is 25.8 Å². The Morgan fingerprint density at radius 2 is 1.82 bits per heavy atom. The Bertz CT molecular complexity index is 356. The van der Waals surface area contributed by atoms with E-state index in [4.69, 9.17) is 9.31 Å². The van der Waals surface area contributed by atoms with E-state index in [1.165, 1.54) is 5.56 Å². The highest BCUT2D eigenvalue weighted by molar-refractivity contribution is 6.47. The van der Waals surface area contributed by atoms with Gasteiger partial charge in [0.2, 0.25) is 0 Å². The summed E-state index contributed by atoms with van der Waals surface area (Å²) in [7, 11) is -0.152. The third-order valence-corrected chi connectivity index (χ3v) is 3.34. The molecule has 1 heterocycles. The van der Waals surface area contributed by atoms with Crippen molar-refractivity contribution >= 4 is 7.12 Å². The Kier molecular flexibility index (Phi) is 4.03. The fourth-order valence-electron chi connectivity index (χ4n) is 2.15. The lowest BCUT2D eigenvalue weighted by atomic mass is 9.66. The zero-order valence-corrected chi connectivity index (χ0v) is 10.5. The summed E-state index contributed by atoms with van der Waals surface area (Å²) in [6, 6.07) is 10.4. The molecule has 1 aromatic carbocycles. The Labute approximate surface area is 104 Å². The molecule has 3 heteroatoms. The van der Waals surface area contributed by atoms with E-state index in [2.05, 4.69) is 32.6 Å². The minimum atomic E-state index is -0.152. The molecule has 0 aliphatic carbocycles. The van der Waals surface area contributed by atoms with Gasteiger partial charge in [0.25, 0.3) is 0 Å². The summed E-state index contributed by atoms with van der Waals surface area (Å²) in [4.78, 5) is 0. The van der Waals surface area contributed by atoms with E-state index in [0.29, 0.717) is 0 Å². The summed E-state index contributed by atoms with van der Waals surface area (Å²) in [5.41, 5.74) is 1.25. The van der Waals surface area contributed by atoms with Crippen molar-refractivity contribution in [1.29, 1.82) is 0 Å². The minimum Gasteiger partial charge on any atom is -0.406 e. The van der Waals surface area contributed by atoms with Crippen LogP contribution in [0.25, 0.3) is 0 Å². The SMILES string of the molecule is C=CCC(B1OC(C)C(C)O1)c1ccccc1. The van der Waals surface area contributed by atoms with Crippen molar-refractivity contribution in [3.8, 4) is 0 Å². The van der Waals surface area contributed by atoms with Crippen molar-refractivity contribution in [3.05, 3.63) is 48.6 Å². The highest BCUT2D eigenvalue weighted by Gasteiger charge is 2.40. The first kappa shape index (κ1) is 12.4. The van der Waals surface area contributed by atoms with Crippen LogP contribution in [0.2, 0.25) is 0 Å². The fraction of sp³-hybridized carbons (Fsp3) is 0.429. The van der Waals surface area contributed by atoms with Gasteiger partial charge in [-0.1, -0.05) is 36.4 Å². The molecule has 0 spiro atoms. The maximum atomic E-state index is 5.87. The predicted molar refractivity (Wildman–Crippen MR) is 70.8 cm³/mol. The lowest BCUT2D eigenvalue weighted by Crippen LogP contribution is -2.26. The maximum absolute atomic E-state index is 5.87. The Hall–Kier alpha value is -1.06. The van der Waals surface area contributed by atoms with E-state index >= 15 is 0 Å². The second-order valence-electron chi connectivity index (χ2n) is 4.59. The molecule has 1 aliphatic rings. The van der Waals surface area contributed by atoms with Crippen LogP contribution in [0.15, 0.2) is 43.0 Å². The Morgan fingerprint density at radius 3 is 2.35 bits per heavy atom. The summed E-state index contributed by atoms with van der Waals surface area (Å²) in [6.45, 7) is 7.94. The molecule has 0 bridgehead atoms. The van der Waals surface area contributed by atoms with Crippen LogP contribution in [0.4, 0.5) is 0 Å². The van der Waals surface area contributed by atoms with Gasteiger partial charge >= 0.3 is 7.12 Å². The van der Waals surface area contributed by atoms with Crippen LogP contribution in [-0.2, 0) is 9.31 Å². The quantitative estimate of drug-likeness (QED) is 0.584. The van der Waals surface area contributed by atoms with Crippen molar-refractivity contribution in [3.63, 3.8) is 0 Å². The van der Waals surface area contributed by atoms with Gasteiger partial charge in [0.15, 0.2) is 0 Å². The maximum Gasteiger partial charge on any atom is 0.465 e. The summed E-state index contributed by atoms with van der Waals surface area (Å²) in [5, 5.41) is 0. The summed E-state index contributed by atoms with van der Waals surface area (Å²) < 4.78 is 11.7. The molecule has 2 nitrogen and oxygen atoms in total. The number of allylic oxidation sites excluding steroid dienone is 1. The topological polar surface area (TPSA) is 18.5 Å². The fourth-order valence-corrected chi connectivity index (χ4v) is 2.15. The molecule has 1 saturated heterocycles. The van der Waals surface area contributed by atoms with Crippen molar-refractivity contribution in [2.45, 2.75) is 38.3 Å². The Balaban J connectivity index is 2.16. The third kappa shape index (κ3) is 2.79. The molecule has 0 N–H and O–H groups in total. The molecular weight excluding hydrogens is 211 g/mol. The van der Waals surface area contributed by atoms with Crippen molar-refractivity contribution in [2.75, 3.05) is 0 Å². The number of hydrogen-bond donors (Lipinski definition) is 0. The monoisotopic (exact) mass is 230 g/mol. The average molecular weight is 230 g/mol. The molecule has 2 rings (SSSR count). The first-order valence-corrected chi connectivity index (χ1v) is 6.19. The second-order valence-corrected chi connectivity index (χ2v) is 4.59. The summed E-state index contributed by atoms with van der Waals surface area (Å²) >= 11 is 0. The van der Waals surface area contributed by atoms with Gasteiger partial charge in [0.1, 0.15) is 0 Å². The molecular formula is C14H19BO2. The van der Waals surface area contributed by atoms with Crippen molar-refractivity contribution in [2.24, 2.45) is 0 Å². The highest BCUT2D eigenvalue weighted by Crippen LogP contribution is 2.30. The molecule has 90 valence electrons.